The first kappa shape index (κ1) is 28.0. The van der Waals surface area contributed by atoms with Gasteiger partial charge in [0.25, 0.3) is 5.88 Å². The Morgan fingerprint density at radius 1 is 1.14 bits per heavy atom. The number of ether oxygens (including phenoxy) is 2. The second-order valence-corrected chi connectivity index (χ2v) is 10.8. The monoisotopic (exact) mass is 589 g/mol. The number of fused-ring (bicyclic) bond motifs is 1. The molecule has 2 aliphatic heterocycles. The highest BCUT2D eigenvalue weighted by Crippen LogP contribution is 2.26. The van der Waals surface area contributed by atoms with Crippen LogP contribution in [-0.4, -0.2) is 69.4 Å². The number of pyridine rings is 1. The Labute approximate surface area is 247 Å². The molecule has 0 bridgehead atoms. The predicted molar refractivity (Wildman–Crippen MR) is 156 cm³/mol. The van der Waals surface area contributed by atoms with E-state index in [1.165, 1.54) is 6.07 Å². The van der Waals surface area contributed by atoms with Crippen LogP contribution in [-0.2, 0) is 24.4 Å². The third-order valence-electron chi connectivity index (χ3n) is 7.70. The van der Waals surface area contributed by atoms with Crippen LogP contribution in [0.2, 0.25) is 5.02 Å². The number of carbonyl (C=O) groups is 1. The molecule has 6 rings (SSSR count). The number of anilines is 1. The Hall–Kier alpha value is -4.17. The number of rotatable bonds is 9. The Balaban J connectivity index is 1.12. The molecule has 4 aromatic rings. The van der Waals surface area contributed by atoms with Gasteiger partial charge in [0.2, 0.25) is 0 Å². The summed E-state index contributed by atoms with van der Waals surface area (Å²) >= 11 is 6.29. The summed E-state index contributed by atoms with van der Waals surface area (Å²) in [6.07, 6.45) is 6.49. The van der Waals surface area contributed by atoms with E-state index in [0.29, 0.717) is 48.1 Å². The first-order valence-electron chi connectivity index (χ1n) is 13.7. The summed E-state index contributed by atoms with van der Waals surface area (Å²) in [5.74, 6) is 2.44. The molecule has 2 fully saturated rings. The van der Waals surface area contributed by atoms with E-state index in [2.05, 4.69) is 25.3 Å². The molecule has 2 aromatic carbocycles. The number of hydrogen-bond acceptors (Lipinski definition) is 7. The zero-order valence-corrected chi connectivity index (χ0v) is 23.6. The van der Waals surface area contributed by atoms with Crippen molar-refractivity contribution in [3.05, 3.63) is 81.9 Å². The van der Waals surface area contributed by atoms with Crippen LogP contribution in [0.15, 0.2) is 48.5 Å². The number of imidazole rings is 1. The molecule has 42 heavy (non-hydrogen) atoms. The number of hydrogen-bond donors (Lipinski definition) is 1. The van der Waals surface area contributed by atoms with Gasteiger partial charge in [-0.2, -0.15) is 4.98 Å². The van der Waals surface area contributed by atoms with Crippen molar-refractivity contribution in [3.63, 3.8) is 0 Å². The second-order valence-electron chi connectivity index (χ2n) is 10.4. The maximum atomic E-state index is 14.6. The van der Waals surface area contributed by atoms with Crippen molar-refractivity contribution in [2.45, 2.75) is 32.2 Å². The molecule has 0 radical (unpaired) electrons. The maximum Gasteiger partial charge on any atom is 0.335 e. The minimum absolute atomic E-state index is 0.0612. The molecular weight excluding hydrogens is 561 g/mol. The van der Waals surface area contributed by atoms with Gasteiger partial charge in [-0.1, -0.05) is 23.6 Å². The van der Waals surface area contributed by atoms with Crippen LogP contribution in [0, 0.1) is 18.2 Å². The maximum absolute atomic E-state index is 14.6. The van der Waals surface area contributed by atoms with Crippen LogP contribution >= 0.6 is 11.6 Å². The Morgan fingerprint density at radius 3 is 2.64 bits per heavy atom. The van der Waals surface area contributed by atoms with Gasteiger partial charge >= 0.3 is 5.97 Å². The first-order valence-corrected chi connectivity index (χ1v) is 14.1. The fraction of sp³-hybridized carbons (Fsp3) is 0.323. The number of halogens is 2. The molecule has 2 aromatic heterocycles. The Morgan fingerprint density at radius 2 is 1.95 bits per heavy atom. The fourth-order valence-electron chi connectivity index (χ4n) is 5.19. The number of piperazine rings is 1. The van der Waals surface area contributed by atoms with E-state index < -0.39 is 11.8 Å². The third kappa shape index (κ3) is 5.90. The summed E-state index contributed by atoms with van der Waals surface area (Å²) in [7, 11) is 0. The van der Waals surface area contributed by atoms with Crippen LogP contribution in [0.4, 0.5) is 10.2 Å². The van der Waals surface area contributed by atoms with E-state index in [-0.39, 0.29) is 24.2 Å². The zero-order valence-electron chi connectivity index (χ0n) is 22.8. The van der Waals surface area contributed by atoms with Crippen LogP contribution in [0.25, 0.3) is 11.0 Å². The SMILES string of the molecule is C#Cc1ccc(COc2nc(N3CCN(Cc4nc5ccc(C(=O)O)cc5n4C[C@@H]4CCO4)CC3)ccc2F)c(Cl)c1. The molecule has 0 spiro atoms. The zero-order chi connectivity index (χ0) is 29.2. The number of carboxylic acid groups (broad SMARTS) is 1. The van der Waals surface area contributed by atoms with Crippen molar-refractivity contribution in [3.8, 4) is 18.2 Å². The van der Waals surface area contributed by atoms with E-state index in [1.807, 2.05) is 0 Å². The molecule has 1 N–H and O–H groups in total. The lowest BCUT2D eigenvalue weighted by atomic mass is 10.1. The smallest absolute Gasteiger partial charge is 0.335 e. The topological polar surface area (TPSA) is 93.0 Å². The summed E-state index contributed by atoms with van der Waals surface area (Å²) in [5, 5.41) is 9.94. The molecule has 0 amide bonds. The van der Waals surface area contributed by atoms with Crippen LogP contribution in [0.3, 0.4) is 0 Å². The largest absolute Gasteiger partial charge is 0.478 e. The highest BCUT2D eigenvalue weighted by Gasteiger charge is 2.25. The standard InChI is InChI=1S/C31H29ClFN5O4/c1-2-20-3-4-22(24(32)15-20)19-42-30-25(33)6-8-28(35-30)37-12-10-36(11-13-37)18-29-34-26-7-5-21(31(39)40)16-27(26)38(29)17-23-9-14-41-23/h1,3-8,15-16,23H,9-14,17-19H2,(H,39,40)/t23-/m0/s1. The molecule has 2 aliphatic rings. The molecule has 9 nitrogen and oxygen atoms in total. The molecular formula is C31H29ClFN5O4. The third-order valence-corrected chi connectivity index (χ3v) is 8.05. The quantitative estimate of drug-likeness (QED) is 0.283. The molecule has 11 heteroatoms. The van der Waals surface area contributed by atoms with Crippen LogP contribution in [0.1, 0.15) is 33.7 Å². The van der Waals surface area contributed by atoms with Gasteiger partial charge in [-0.05, 0) is 48.9 Å². The van der Waals surface area contributed by atoms with Gasteiger partial charge in [0.05, 0.1) is 35.8 Å². The van der Waals surface area contributed by atoms with Gasteiger partial charge in [0, 0.05) is 48.9 Å². The lowest BCUT2D eigenvalue weighted by molar-refractivity contribution is -0.0592. The van der Waals surface area contributed by atoms with E-state index in [0.717, 1.165) is 43.0 Å². The minimum Gasteiger partial charge on any atom is -0.478 e. The average Bonchev–Trinajstić information content (AvgIpc) is 3.31. The summed E-state index contributed by atoms with van der Waals surface area (Å²) in [6, 6.07) is 13.2. The fourth-order valence-corrected chi connectivity index (χ4v) is 5.42. The van der Waals surface area contributed by atoms with Crippen molar-refractivity contribution < 1.29 is 23.8 Å². The Bertz CT molecular complexity index is 1670. The van der Waals surface area contributed by atoms with Gasteiger partial charge in [-0.3, -0.25) is 4.90 Å². The van der Waals surface area contributed by atoms with Crippen LogP contribution < -0.4 is 9.64 Å². The van der Waals surface area contributed by atoms with Crippen molar-refractivity contribution in [2.24, 2.45) is 0 Å². The molecule has 0 aliphatic carbocycles. The lowest BCUT2D eigenvalue weighted by Crippen LogP contribution is -2.46. The molecule has 1 atom stereocenters. The summed E-state index contributed by atoms with van der Waals surface area (Å²) in [4.78, 5) is 25.3. The van der Waals surface area contributed by atoms with Crippen LogP contribution in [0.5, 0.6) is 5.88 Å². The van der Waals surface area contributed by atoms with Gasteiger partial charge in [0.15, 0.2) is 5.82 Å². The van der Waals surface area contributed by atoms with Gasteiger partial charge < -0.3 is 24.0 Å². The average molecular weight is 590 g/mol. The highest BCUT2D eigenvalue weighted by atomic mass is 35.5. The molecule has 0 saturated carbocycles. The van der Waals surface area contributed by atoms with E-state index >= 15 is 0 Å². The first-order chi connectivity index (χ1) is 20.4. The van der Waals surface area contributed by atoms with Gasteiger partial charge in [-0.15, -0.1) is 6.42 Å². The Kier molecular flexibility index (Phi) is 7.98. The van der Waals surface area contributed by atoms with Crippen molar-refractivity contribution >= 4 is 34.4 Å². The number of terminal acetylenes is 1. The van der Waals surface area contributed by atoms with Crippen molar-refractivity contribution in [2.75, 3.05) is 37.7 Å². The number of benzene rings is 2. The van der Waals surface area contributed by atoms with E-state index in [9.17, 15) is 14.3 Å². The highest BCUT2D eigenvalue weighted by molar-refractivity contribution is 6.31. The minimum atomic E-state index is -0.965. The predicted octanol–water partition coefficient (Wildman–Crippen LogP) is 4.59. The van der Waals surface area contributed by atoms with Gasteiger partial charge in [0.1, 0.15) is 18.2 Å². The number of carboxylic acids is 1. The van der Waals surface area contributed by atoms with E-state index in [1.54, 1.807) is 42.5 Å². The molecule has 4 heterocycles. The second kappa shape index (κ2) is 12.0. The molecule has 2 saturated heterocycles. The summed E-state index contributed by atoms with van der Waals surface area (Å²) < 4.78 is 28.0. The normalized spacial score (nSPS) is 17.2. The van der Waals surface area contributed by atoms with E-state index in [4.69, 9.17) is 32.5 Å². The number of aromatic nitrogens is 3. The van der Waals surface area contributed by atoms with Crippen molar-refractivity contribution in [1.29, 1.82) is 0 Å². The summed E-state index contributed by atoms with van der Waals surface area (Å²) in [6.45, 7) is 4.92. The van der Waals surface area contributed by atoms with Gasteiger partial charge in [-0.25, -0.2) is 14.2 Å². The molecule has 0 unspecified atom stereocenters. The summed E-state index contributed by atoms with van der Waals surface area (Å²) in [5.41, 5.74) is 3.15. The molecule has 216 valence electrons. The number of nitrogens with zero attached hydrogens (tertiary/aromatic N) is 5. The lowest BCUT2D eigenvalue weighted by Gasteiger charge is -2.35. The van der Waals surface area contributed by atoms with Crippen molar-refractivity contribution in [1.82, 2.24) is 19.4 Å². The number of aromatic carboxylic acids is 1.